The van der Waals surface area contributed by atoms with Crippen LogP contribution in [-0.4, -0.2) is 24.0 Å². The van der Waals surface area contributed by atoms with Crippen molar-refractivity contribution < 1.29 is 9.53 Å². The van der Waals surface area contributed by atoms with Crippen molar-refractivity contribution in [1.82, 2.24) is 4.90 Å². The smallest absolute Gasteiger partial charge is 0.223 e. The number of amides is 1. The van der Waals surface area contributed by atoms with Gasteiger partial charge in [0.15, 0.2) is 0 Å². The van der Waals surface area contributed by atoms with E-state index < -0.39 is 0 Å². The van der Waals surface area contributed by atoms with Gasteiger partial charge in [-0.25, -0.2) is 0 Å². The zero-order chi connectivity index (χ0) is 12.9. The molecule has 1 fully saturated rings. The number of nitrogens with zero attached hydrogens (tertiary/aromatic N) is 1. The third kappa shape index (κ3) is 1.46. The highest BCUT2D eigenvalue weighted by molar-refractivity contribution is 5.79. The van der Waals surface area contributed by atoms with E-state index in [1.807, 2.05) is 11.0 Å². The van der Waals surface area contributed by atoms with Gasteiger partial charge < -0.3 is 9.64 Å². The first-order chi connectivity index (χ1) is 8.54. The summed E-state index contributed by atoms with van der Waals surface area (Å²) in [5.41, 5.74) is 2.62. The molecule has 1 saturated heterocycles. The van der Waals surface area contributed by atoms with Crippen molar-refractivity contribution in [3.63, 3.8) is 0 Å². The SMILES string of the molecule is COc1ccc2c(c1)CN1C(=O)CCC1C2(C)C. The number of fused-ring (bicyclic) bond motifs is 2. The van der Waals surface area contributed by atoms with Crippen LogP contribution in [0, 0.1) is 0 Å². The molecule has 1 aromatic rings. The van der Waals surface area contributed by atoms with Crippen molar-refractivity contribution in [1.29, 1.82) is 0 Å². The maximum absolute atomic E-state index is 12.0. The number of hydrogen-bond donors (Lipinski definition) is 0. The van der Waals surface area contributed by atoms with Crippen LogP contribution < -0.4 is 4.74 Å². The molecule has 1 aromatic carbocycles. The Kier molecular flexibility index (Phi) is 2.40. The van der Waals surface area contributed by atoms with E-state index >= 15 is 0 Å². The molecule has 0 bridgehead atoms. The number of ether oxygens (including phenoxy) is 1. The summed E-state index contributed by atoms with van der Waals surface area (Å²) in [6, 6.07) is 6.60. The second kappa shape index (κ2) is 3.74. The first-order valence-corrected chi connectivity index (χ1v) is 6.51. The molecule has 2 aliphatic rings. The van der Waals surface area contributed by atoms with E-state index in [1.165, 1.54) is 11.1 Å². The molecule has 0 saturated carbocycles. The molecule has 1 unspecified atom stereocenters. The van der Waals surface area contributed by atoms with Crippen LogP contribution in [0.4, 0.5) is 0 Å². The second-order valence-corrected chi connectivity index (χ2v) is 5.82. The van der Waals surface area contributed by atoms with Gasteiger partial charge in [-0.3, -0.25) is 4.79 Å². The fraction of sp³-hybridized carbons (Fsp3) is 0.533. The average molecular weight is 245 g/mol. The number of rotatable bonds is 1. The van der Waals surface area contributed by atoms with Gasteiger partial charge in [-0.05, 0) is 29.7 Å². The molecule has 18 heavy (non-hydrogen) atoms. The Morgan fingerprint density at radius 1 is 1.39 bits per heavy atom. The van der Waals surface area contributed by atoms with Crippen molar-refractivity contribution >= 4 is 5.91 Å². The number of methoxy groups -OCH3 is 1. The Morgan fingerprint density at radius 2 is 2.17 bits per heavy atom. The van der Waals surface area contributed by atoms with E-state index in [-0.39, 0.29) is 5.41 Å². The summed E-state index contributed by atoms with van der Waals surface area (Å²) >= 11 is 0. The van der Waals surface area contributed by atoms with Gasteiger partial charge in [0.1, 0.15) is 5.75 Å². The van der Waals surface area contributed by atoms with Crippen LogP contribution in [0.15, 0.2) is 18.2 Å². The van der Waals surface area contributed by atoms with Gasteiger partial charge in [-0.2, -0.15) is 0 Å². The van der Waals surface area contributed by atoms with Gasteiger partial charge in [-0.15, -0.1) is 0 Å². The lowest BCUT2D eigenvalue weighted by Crippen LogP contribution is -2.49. The summed E-state index contributed by atoms with van der Waals surface area (Å²) < 4.78 is 5.28. The van der Waals surface area contributed by atoms with Gasteiger partial charge >= 0.3 is 0 Å². The van der Waals surface area contributed by atoms with Gasteiger partial charge in [0.2, 0.25) is 5.91 Å². The molecule has 0 spiro atoms. The predicted octanol–water partition coefficient (Wildman–Crippen LogP) is 2.48. The zero-order valence-corrected chi connectivity index (χ0v) is 11.2. The van der Waals surface area contributed by atoms with E-state index in [9.17, 15) is 4.79 Å². The predicted molar refractivity (Wildman–Crippen MR) is 69.6 cm³/mol. The van der Waals surface area contributed by atoms with E-state index in [4.69, 9.17) is 4.74 Å². The van der Waals surface area contributed by atoms with Crippen molar-refractivity contribution in [2.45, 2.75) is 44.7 Å². The monoisotopic (exact) mass is 245 g/mol. The lowest BCUT2D eigenvalue weighted by molar-refractivity contribution is -0.130. The Labute approximate surface area is 108 Å². The van der Waals surface area contributed by atoms with Crippen molar-refractivity contribution in [3.05, 3.63) is 29.3 Å². The average Bonchev–Trinajstić information content (AvgIpc) is 2.71. The molecular formula is C15H19NO2. The molecule has 3 rings (SSSR count). The third-order valence-electron chi connectivity index (χ3n) is 4.51. The van der Waals surface area contributed by atoms with Crippen LogP contribution in [0.1, 0.15) is 37.8 Å². The molecule has 0 aromatic heterocycles. The molecule has 0 aliphatic carbocycles. The van der Waals surface area contributed by atoms with E-state index in [2.05, 4.69) is 26.0 Å². The maximum Gasteiger partial charge on any atom is 0.223 e. The van der Waals surface area contributed by atoms with Gasteiger partial charge in [0, 0.05) is 24.4 Å². The number of benzene rings is 1. The standard InChI is InChI=1S/C15H19NO2/c1-15(2)12-5-4-11(18-3)8-10(12)9-16-13(15)6-7-14(16)17/h4-5,8,13H,6-7,9H2,1-3H3. The highest BCUT2D eigenvalue weighted by Crippen LogP contribution is 2.44. The van der Waals surface area contributed by atoms with Crippen LogP contribution in [-0.2, 0) is 16.8 Å². The zero-order valence-electron chi connectivity index (χ0n) is 11.2. The normalized spacial score (nSPS) is 24.7. The highest BCUT2D eigenvalue weighted by Gasteiger charge is 2.46. The Hall–Kier alpha value is -1.51. The molecule has 1 amide bonds. The summed E-state index contributed by atoms with van der Waals surface area (Å²) in [5, 5.41) is 0. The van der Waals surface area contributed by atoms with Crippen molar-refractivity contribution in [3.8, 4) is 5.75 Å². The topological polar surface area (TPSA) is 29.5 Å². The summed E-state index contributed by atoms with van der Waals surface area (Å²) in [6.45, 7) is 5.22. The van der Waals surface area contributed by atoms with Gasteiger partial charge in [0.05, 0.1) is 7.11 Å². The minimum Gasteiger partial charge on any atom is -0.497 e. The van der Waals surface area contributed by atoms with Crippen LogP contribution >= 0.6 is 0 Å². The number of hydrogen-bond acceptors (Lipinski definition) is 2. The summed E-state index contributed by atoms with van der Waals surface area (Å²) in [7, 11) is 1.68. The van der Waals surface area contributed by atoms with E-state index in [1.54, 1.807) is 7.11 Å². The first kappa shape index (κ1) is 11.6. The molecule has 3 heteroatoms. The Bertz CT molecular complexity index is 507. The molecule has 96 valence electrons. The first-order valence-electron chi connectivity index (χ1n) is 6.51. The van der Waals surface area contributed by atoms with Crippen molar-refractivity contribution in [2.24, 2.45) is 0 Å². The van der Waals surface area contributed by atoms with Crippen LogP contribution in [0.3, 0.4) is 0 Å². The number of carbonyl (C=O) groups excluding carboxylic acids is 1. The van der Waals surface area contributed by atoms with E-state index in [0.29, 0.717) is 18.4 Å². The summed E-state index contributed by atoms with van der Waals surface area (Å²) in [4.78, 5) is 14.0. The summed E-state index contributed by atoms with van der Waals surface area (Å²) in [6.07, 6.45) is 1.68. The summed E-state index contributed by atoms with van der Waals surface area (Å²) in [5.74, 6) is 1.16. The van der Waals surface area contributed by atoms with E-state index in [0.717, 1.165) is 18.7 Å². The maximum atomic E-state index is 12.0. The van der Waals surface area contributed by atoms with Gasteiger partial charge in [-0.1, -0.05) is 19.9 Å². The minimum absolute atomic E-state index is 0.0337. The fourth-order valence-corrected chi connectivity index (χ4v) is 3.50. The van der Waals surface area contributed by atoms with Crippen LogP contribution in [0.5, 0.6) is 5.75 Å². The molecule has 2 heterocycles. The fourth-order valence-electron chi connectivity index (χ4n) is 3.50. The van der Waals surface area contributed by atoms with Crippen LogP contribution in [0.2, 0.25) is 0 Å². The van der Waals surface area contributed by atoms with Crippen molar-refractivity contribution in [2.75, 3.05) is 7.11 Å². The lowest BCUT2D eigenvalue weighted by atomic mass is 9.72. The molecule has 0 N–H and O–H groups in total. The minimum atomic E-state index is 0.0337. The largest absolute Gasteiger partial charge is 0.497 e. The molecule has 0 radical (unpaired) electrons. The molecule has 3 nitrogen and oxygen atoms in total. The number of carbonyl (C=O) groups is 1. The quantitative estimate of drug-likeness (QED) is 0.760. The highest BCUT2D eigenvalue weighted by atomic mass is 16.5. The lowest BCUT2D eigenvalue weighted by Gasteiger charge is -2.44. The molecule has 2 aliphatic heterocycles. The van der Waals surface area contributed by atoms with Gasteiger partial charge in [0.25, 0.3) is 0 Å². The third-order valence-corrected chi connectivity index (χ3v) is 4.51. The Morgan fingerprint density at radius 3 is 2.89 bits per heavy atom. The Balaban J connectivity index is 2.10. The van der Waals surface area contributed by atoms with Crippen LogP contribution in [0.25, 0.3) is 0 Å². The second-order valence-electron chi connectivity index (χ2n) is 5.82. The molecular weight excluding hydrogens is 226 g/mol. The molecule has 1 atom stereocenters.